The Labute approximate surface area is 179 Å². The van der Waals surface area contributed by atoms with Gasteiger partial charge in [0.15, 0.2) is 5.76 Å². The molecule has 0 radical (unpaired) electrons. The summed E-state index contributed by atoms with van der Waals surface area (Å²) >= 11 is 0. The second kappa shape index (κ2) is 8.75. The molecule has 0 amide bonds. The zero-order valence-corrected chi connectivity index (χ0v) is 17.1. The number of Topliss-reactive ketones (excluding diaryl/α,β-unsaturated/α-hetero) is 1. The van der Waals surface area contributed by atoms with Crippen LogP contribution in [0.3, 0.4) is 0 Å². The highest BCUT2D eigenvalue weighted by atomic mass is 16.5. The fraction of sp³-hybridized carbons (Fsp3) is 0.120. The average Bonchev–Trinajstić information content (AvgIpc) is 3.12. The van der Waals surface area contributed by atoms with Gasteiger partial charge in [-0.05, 0) is 53.6 Å². The van der Waals surface area contributed by atoms with E-state index in [4.69, 9.17) is 14.2 Å². The monoisotopic (exact) mass is 416 g/mol. The molecule has 3 aromatic rings. The van der Waals surface area contributed by atoms with E-state index in [1.807, 2.05) is 24.3 Å². The van der Waals surface area contributed by atoms with Crippen molar-refractivity contribution in [3.8, 4) is 17.2 Å². The molecule has 6 heteroatoms. The zero-order chi connectivity index (χ0) is 21.8. The van der Waals surface area contributed by atoms with Gasteiger partial charge in [-0.3, -0.25) is 4.79 Å². The van der Waals surface area contributed by atoms with Crippen LogP contribution in [0.4, 0.5) is 0 Å². The van der Waals surface area contributed by atoms with Gasteiger partial charge in [0.25, 0.3) is 0 Å². The smallest absolute Gasteiger partial charge is 0.337 e. The highest BCUT2D eigenvalue weighted by molar-refractivity contribution is 6.14. The van der Waals surface area contributed by atoms with Crippen molar-refractivity contribution in [2.75, 3.05) is 14.2 Å². The van der Waals surface area contributed by atoms with E-state index < -0.39 is 5.97 Å². The standard InChI is InChI=1S/C25H20O6/c1-28-19-9-5-17(6-10-19)15-30-20-11-12-21-22(14-20)31-23(24(21)26)13-16-3-7-18(8-4-16)25(27)29-2/h3-14H,15H2,1-2H3. The molecule has 0 saturated heterocycles. The van der Waals surface area contributed by atoms with Crippen LogP contribution in [-0.2, 0) is 11.3 Å². The maximum Gasteiger partial charge on any atom is 0.337 e. The van der Waals surface area contributed by atoms with Crippen LogP contribution >= 0.6 is 0 Å². The Hall–Kier alpha value is -4.06. The molecular weight excluding hydrogens is 396 g/mol. The van der Waals surface area contributed by atoms with Crippen molar-refractivity contribution in [2.45, 2.75) is 6.61 Å². The average molecular weight is 416 g/mol. The Morgan fingerprint density at radius 1 is 0.935 bits per heavy atom. The van der Waals surface area contributed by atoms with Gasteiger partial charge in [0.2, 0.25) is 5.78 Å². The second-order valence-electron chi connectivity index (χ2n) is 6.85. The molecule has 0 spiro atoms. The fourth-order valence-corrected chi connectivity index (χ4v) is 3.13. The van der Waals surface area contributed by atoms with Gasteiger partial charge in [-0.25, -0.2) is 4.79 Å². The molecule has 0 N–H and O–H groups in total. The van der Waals surface area contributed by atoms with Gasteiger partial charge in [0, 0.05) is 6.07 Å². The molecule has 31 heavy (non-hydrogen) atoms. The molecule has 156 valence electrons. The highest BCUT2D eigenvalue weighted by Crippen LogP contribution is 2.35. The number of benzene rings is 3. The van der Waals surface area contributed by atoms with E-state index in [0.717, 1.165) is 16.9 Å². The van der Waals surface area contributed by atoms with Crippen molar-refractivity contribution in [3.05, 3.63) is 94.7 Å². The maximum atomic E-state index is 12.7. The Morgan fingerprint density at radius 2 is 1.65 bits per heavy atom. The first-order valence-electron chi connectivity index (χ1n) is 9.60. The minimum absolute atomic E-state index is 0.200. The first kappa shape index (κ1) is 20.2. The molecule has 1 aliphatic rings. The Morgan fingerprint density at radius 3 is 2.32 bits per heavy atom. The van der Waals surface area contributed by atoms with Gasteiger partial charge >= 0.3 is 5.97 Å². The van der Waals surface area contributed by atoms with Crippen LogP contribution in [0.1, 0.15) is 31.8 Å². The largest absolute Gasteiger partial charge is 0.497 e. The lowest BCUT2D eigenvalue weighted by Gasteiger charge is -2.08. The number of esters is 1. The number of carbonyl (C=O) groups excluding carboxylic acids is 2. The number of fused-ring (bicyclic) bond motifs is 1. The van der Waals surface area contributed by atoms with E-state index in [1.165, 1.54) is 7.11 Å². The number of allylic oxidation sites excluding steroid dienone is 1. The number of ether oxygens (including phenoxy) is 4. The van der Waals surface area contributed by atoms with Crippen molar-refractivity contribution in [1.29, 1.82) is 0 Å². The van der Waals surface area contributed by atoms with Gasteiger partial charge < -0.3 is 18.9 Å². The van der Waals surface area contributed by atoms with Crippen LogP contribution in [0.2, 0.25) is 0 Å². The van der Waals surface area contributed by atoms with Crippen LogP contribution in [0, 0.1) is 0 Å². The fourth-order valence-electron chi connectivity index (χ4n) is 3.13. The van der Waals surface area contributed by atoms with Gasteiger partial charge in [0.05, 0.1) is 25.3 Å². The number of methoxy groups -OCH3 is 2. The molecule has 6 nitrogen and oxygen atoms in total. The summed E-state index contributed by atoms with van der Waals surface area (Å²) in [6.07, 6.45) is 1.64. The van der Waals surface area contributed by atoms with Gasteiger partial charge in [-0.1, -0.05) is 24.3 Å². The Bertz CT molecular complexity index is 1140. The van der Waals surface area contributed by atoms with Crippen LogP contribution in [0.25, 0.3) is 6.08 Å². The van der Waals surface area contributed by atoms with Gasteiger partial charge in [-0.15, -0.1) is 0 Å². The molecule has 1 heterocycles. The van der Waals surface area contributed by atoms with Crippen molar-refractivity contribution in [1.82, 2.24) is 0 Å². The molecule has 0 fully saturated rings. The molecule has 1 aliphatic heterocycles. The number of ketones is 1. The third-order valence-corrected chi connectivity index (χ3v) is 4.84. The zero-order valence-electron chi connectivity index (χ0n) is 17.1. The van der Waals surface area contributed by atoms with Crippen molar-refractivity contribution >= 4 is 17.8 Å². The molecule has 0 atom stereocenters. The topological polar surface area (TPSA) is 71.1 Å². The summed E-state index contributed by atoms with van der Waals surface area (Å²) in [5, 5.41) is 0. The lowest BCUT2D eigenvalue weighted by Crippen LogP contribution is -2.01. The number of hydrogen-bond acceptors (Lipinski definition) is 6. The van der Waals surface area contributed by atoms with Gasteiger partial charge in [-0.2, -0.15) is 0 Å². The number of hydrogen-bond donors (Lipinski definition) is 0. The van der Waals surface area contributed by atoms with Crippen LogP contribution < -0.4 is 14.2 Å². The first-order valence-corrected chi connectivity index (χ1v) is 9.60. The van der Waals surface area contributed by atoms with E-state index in [9.17, 15) is 9.59 Å². The molecule has 0 aromatic heterocycles. The van der Waals surface area contributed by atoms with E-state index in [1.54, 1.807) is 55.7 Å². The summed E-state index contributed by atoms with van der Waals surface area (Å²) in [6.45, 7) is 0.381. The SMILES string of the molecule is COC(=O)c1ccc(C=C2Oc3cc(OCc4ccc(OC)cc4)ccc3C2=O)cc1. The lowest BCUT2D eigenvalue weighted by molar-refractivity contribution is 0.0600. The van der Waals surface area contributed by atoms with E-state index in [2.05, 4.69) is 4.74 Å². The summed E-state index contributed by atoms with van der Waals surface area (Å²) in [7, 11) is 2.95. The summed E-state index contributed by atoms with van der Waals surface area (Å²) in [6, 6.07) is 19.5. The van der Waals surface area contributed by atoms with Crippen LogP contribution in [0.15, 0.2) is 72.5 Å². The Kier molecular flexibility index (Phi) is 5.71. The first-order chi connectivity index (χ1) is 15.1. The maximum absolute atomic E-state index is 12.7. The van der Waals surface area contributed by atoms with Crippen LogP contribution in [0.5, 0.6) is 17.2 Å². The van der Waals surface area contributed by atoms with E-state index in [0.29, 0.717) is 29.2 Å². The summed E-state index contributed by atoms with van der Waals surface area (Å²) in [5.41, 5.74) is 2.65. The molecule has 0 saturated carbocycles. The molecule has 0 unspecified atom stereocenters. The minimum atomic E-state index is -0.415. The molecule has 0 aliphatic carbocycles. The predicted octanol–water partition coefficient (Wildman–Crippen LogP) is 4.68. The van der Waals surface area contributed by atoms with Crippen molar-refractivity contribution in [2.24, 2.45) is 0 Å². The minimum Gasteiger partial charge on any atom is -0.497 e. The number of carbonyl (C=O) groups is 2. The third kappa shape index (κ3) is 4.43. The number of rotatable bonds is 6. The third-order valence-electron chi connectivity index (χ3n) is 4.84. The summed E-state index contributed by atoms with van der Waals surface area (Å²) < 4.78 is 21.4. The molecule has 3 aromatic carbocycles. The second-order valence-corrected chi connectivity index (χ2v) is 6.85. The summed E-state index contributed by atoms with van der Waals surface area (Å²) in [4.78, 5) is 24.2. The Balaban J connectivity index is 1.46. The molecule has 4 rings (SSSR count). The highest BCUT2D eigenvalue weighted by Gasteiger charge is 2.27. The lowest BCUT2D eigenvalue weighted by atomic mass is 10.1. The predicted molar refractivity (Wildman–Crippen MR) is 114 cm³/mol. The van der Waals surface area contributed by atoms with Crippen molar-refractivity contribution < 1.29 is 28.5 Å². The quantitative estimate of drug-likeness (QED) is 0.429. The summed E-state index contributed by atoms with van der Waals surface area (Å²) in [5.74, 6) is 1.44. The molecular formula is C25H20O6. The van der Waals surface area contributed by atoms with Gasteiger partial charge in [0.1, 0.15) is 23.9 Å². The van der Waals surface area contributed by atoms with E-state index in [-0.39, 0.29) is 11.5 Å². The van der Waals surface area contributed by atoms with Crippen LogP contribution in [-0.4, -0.2) is 26.0 Å². The van der Waals surface area contributed by atoms with E-state index >= 15 is 0 Å². The van der Waals surface area contributed by atoms with Crippen molar-refractivity contribution in [3.63, 3.8) is 0 Å². The normalized spacial score (nSPS) is 13.5. The molecule has 0 bridgehead atoms.